The zero-order valence-electron chi connectivity index (χ0n) is 9.03. The minimum absolute atomic E-state index is 0.0452. The molecule has 0 bridgehead atoms. The van der Waals surface area contributed by atoms with Gasteiger partial charge >= 0.3 is 0 Å². The summed E-state index contributed by atoms with van der Waals surface area (Å²) < 4.78 is 10.6. The summed E-state index contributed by atoms with van der Waals surface area (Å²) in [4.78, 5) is 4.36. The van der Waals surface area contributed by atoms with E-state index in [2.05, 4.69) is 4.98 Å². The van der Waals surface area contributed by atoms with Gasteiger partial charge in [-0.3, -0.25) is 0 Å². The number of methoxy groups -OCH3 is 1. The molecule has 0 saturated carbocycles. The number of aromatic nitrogens is 1. The van der Waals surface area contributed by atoms with Crippen molar-refractivity contribution >= 4 is 22.9 Å². The first-order chi connectivity index (χ1) is 7.27. The van der Waals surface area contributed by atoms with E-state index in [4.69, 9.17) is 21.1 Å². The maximum Gasteiger partial charge on any atom is 0.122 e. The monoisotopic (exact) mass is 249 g/mol. The van der Waals surface area contributed by atoms with Crippen LogP contribution in [-0.4, -0.2) is 25.3 Å². The third kappa shape index (κ3) is 4.47. The number of halogens is 1. The molecular weight excluding hydrogens is 234 g/mol. The van der Waals surface area contributed by atoms with E-state index >= 15 is 0 Å². The molecule has 0 N–H and O–H groups in total. The van der Waals surface area contributed by atoms with Crippen molar-refractivity contribution < 1.29 is 9.47 Å². The van der Waals surface area contributed by atoms with Gasteiger partial charge in [0, 0.05) is 25.7 Å². The third-order valence-corrected chi connectivity index (χ3v) is 3.24. The van der Waals surface area contributed by atoms with E-state index in [0.717, 1.165) is 23.7 Å². The molecule has 5 heteroatoms. The Morgan fingerprint density at radius 2 is 2.33 bits per heavy atom. The van der Waals surface area contributed by atoms with E-state index in [9.17, 15) is 0 Å². The van der Waals surface area contributed by atoms with Crippen molar-refractivity contribution in [1.82, 2.24) is 4.98 Å². The molecule has 0 spiro atoms. The lowest BCUT2D eigenvalue weighted by Gasteiger charge is -2.09. The van der Waals surface area contributed by atoms with Gasteiger partial charge in [0.15, 0.2) is 0 Å². The third-order valence-electron chi connectivity index (χ3n) is 1.91. The van der Waals surface area contributed by atoms with E-state index in [0.29, 0.717) is 12.5 Å². The normalized spacial score (nSPS) is 13.0. The average Bonchev–Trinajstić information content (AvgIpc) is 2.72. The highest BCUT2D eigenvalue weighted by Gasteiger charge is 2.10. The fraction of sp³-hybridized carbons (Fsp3) is 0.700. The first-order valence-electron chi connectivity index (χ1n) is 4.88. The van der Waals surface area contributed by atoms with Crippen molar-refractivity contribution in [3.05, 3.63) is 16.1 Å². The van der Waals surface area contributed by atoms with Gasteiger partial charge in [0.2, 0.25) is 0 Å². The van der Waals surface area contributed by atoms with Crippen LogP contribution in [0.3, 0.4) is 0 Å². The molecule has 0 aliphatic heterocycles. The molecule has 0 radical (unpaired) electrons. The highest BCUT2D eigenvalue weighted by atomic mass is 35.5. The van der Waals surface area contributed by atoms with Crippen molar-refractivity contribution in [1.29, 1.82) is 0 Å². The van der Waals surface area contributed by atoms with E-state index in [-0.39, 0.29) is 6.10 Å². The topological polar surface area (TPSA) is 31.4 Å². The molecule has 1 aromatic heterocycles. The van der Waals surface area contributed by atoms with Gasteiger partial charge in [0.25, 0.3) is 0 Å². The Balaban J connectivity index is 2.29. The molecular formula is C10H16ClNO2S. The van der Waals surface area contributed by atoms with E-state index in [1.54, 1.807) is 18.4 Å². The van der Waals surface area contributed by atoms with E-state index in [1.165, 1.54) is 0 Å². The first kappa shape index (κ1) is 12.9. The Morgan fingerprint density at radius 3 is 2.93 bits per heavy atom. The maximum absolute atomic E-state index is 5.68. The van der Waals surface area contributed by atoms with Crippen LogP contribution in [0.15, 0.2) is 5.38 Å². The second kappa shape index (κ2) is 7.17. The molecule has 1 atom stereocenters. The maximum atomic E-state index is 5.68. The van der Waals surface area contributed by atoms with Gasteiger partial charge in [-0.05, 0) is 13.3 Å². The molecule has 1 aromatic rings. The molecule has 0 aliphatic carbocycles. The molecule has 1 heterocycles. The van der Waals surface area contributed by atoms with Crippen LogP contribution in [0.5, 0.6) is 0 Å². The van der Waals surface area contributed by atoms with Crippen molar-refractivity contribution in [3.8, 4) is 0 Å². The Labute approximate surface area is 99.4 Å². The van der Waals surface area contributed by atoms with E-state index in [1.807, 2.05) is 12.3 Å². The number of nitrogens with zero attached hydrogens (tertiary/aromatic N) is 1. The van der Waals surface area contributed by atoms with Crippen LogP contribution >= 0.6 is 22.9 Å². The Bertz CT molecular complexity index is 280. The summed E-state index contributed by atoms with van der Waals surface area (Å²) in [6, 6.07) is 0. The molecule has 0 aliphatic rings. The van der Waals surface area contributed by atoms with Gasteiger partial charge in [0.1, 0.15) is 11.1 Å². The molecule has 0 aromatic carbocycles. The van der Waals surface area contributed by atoms with Gasteiger partial charge in [-0.1, -0.05) is 0 Å². The summed E-state index contributed by atoms with van der Waals surface area (Å²) in [5.41, 5.74) is 0.920. The van der Waals surface area contributed by atoms with Crippen LogP contribution in [0.1, 0.15) is 30.2 Å². The summed E-state index contributed by atoms with van der Waals surface area (Å²) >= 11 is 7.27. The molecule has 3 nitrogen and oxygen atoms in total. The number of rotatable bonds is 7. The minimum atomic E-state index is 0.0452. The quantitative estimate of drug-likeness (QED) is 0.550. The van der Waals surface area contributed by atoms with Gasteiger partial charge in [0.05, 0.1) is 11.6 Å². The summed E-state index contributed by atoms with van der Waals surface area (Å²) in [7, 11) is 1.69. The smallest absolute Gasteiger partial charge is 0.122 e. The van der Waals surface area contributed by atoms with Crippen LogP contribution in [0, 0.1) is 0 Å². The lowest BCUT2D eigenvalue weighted by atomic mass is 10.4. The molecule has 0 fully saturated rings. The summed E-state index contributed by atoms with van der Waals surface area (Å²) in [5.74, 6) is 0.465. The summed E-state index contributed by atoms with van der Waals surface area (Å²) in [6.45, 7) is 3.44. The Hall–Kier alpha value is -0.160. The molecule has 0 saturated heterocycles. The second-order valence-corrected chi connectivity index (χ2v) is 4.33. The molecule has 86 valence electrons. The van der Waals surface area contributed by atoms with Crippen LogP contribution in [-0.2, 0) is 15.4 Å². The van der Waals surface area contributed by atoms with E-state index < -0.39 is 0 Å². The number of hydrogen-bond acceptors (Lipinski definition) is 4. The highest BCUT2D eigenvalue weighted by molar-refractivity contribution is 7.09. The minimum Gasteiger partial charge on any atom is -0.385 e. The Kier molecular flexibility index (Phi) is 6.17. The summed E-state index contributed by atoms with van der Waals surface area (Å²) in [5, 5.41) is 2.96. The average molecular weight is 250 g/mol. The predicted octanol–water partition coefficient (Wildman–Crippen LogP) is 3.00. The second-order valence-electron chi connectivity index (χ2n) is 3.17. The molecule has 1 unspecified atom stereocenters. The van der Waals surface area contributed by atoms with Crippen molar-refractivity contribution in [2.75, 3.05) is 20.3 Å². The number of ether oxygens (including phenoxy) is 2. The van der Waals surface area contributed by atoms with Crippen molar-refractivity contribution in [2.24, 2.45) is 0 Å². The van der Waals surface area contributed by atoms with Crippen molar-refractivity contribution in [3.63, 3.8) is 0 Å². The fourth-order valence-electron chi connectivity index (χ4n) is 1.11. The van der Waals surface area contributed by atoms with Gasteiger partial charge in [-0.2, -0.15) is 0 Å². The highest BCUT2D eigenvalue weighted by Crippen LogP contribution is 2.21. The van der Waals surface area contributed by atoms with Crippen LogP contribution in [0.4, 0.5) is 0 Å². The fourth-order valence-corrected chi connectivity index (χ4v) is 2.16. The standard InChI is InChI=1S/C10H16ClNO2S/c1-8(14-5-3-4-13-2)10-12-9(6-11)7-15-10/h7-8H,3-6H2,1-2H3. The van der Waals surface area contributed by atoms with Gasteiger partial charge < -0.3 is 9.47 Å². The molecule has 15 heavy (non-hydrogen) atoms. The van der Waals surface area contributed by atoms with Gasteiger partial charge in [-0.15, -0.1) is 22.9 Å². The zero-order chi connectivity index (χ0) is 11.1. The lowest BCUT2D eigenvalue weighted by Crippen LogP contribution is -2.03. The number of thiazole rings is 1. The number of alkyl halides is 1. The number of hydrogen-bond donors (Lipinski definition) is 0. The predicted molar refractivity (Wildman–Crippen MR) is 62.5 cm³/mol. The molecule has 1 rings (SSSR count). The largest absolute Gasteiger partial charge is 0.385 e. The van der Waals surface area contributed by atoms with Crippen LogP contribution < -0.4 is 0 Å². The lowest BCUT2D eigenvalue weighted by molar-refractivity contribution is 0.0496. The zero-order valence-corrected chi connectivity index (χ0v) is 10.6. The van der Waals surface area contributed by atoms with Crippen molar-refractivity contribution in [2.45, 2.75) is 25.3 Å². The molecule has 0 amide bonds. The SMILES string of the molecule is COCCCOC(C)c1nc(CCl)cs1. The van der Waals surface area contributed by atoms with Crippen LogP contribution in [0.2, 0.25) is 0 Å². The van der Waals surface area contributed by atoms with Gasteiger partial charge in [-0.25, -0.2) is 4.98 Å². The Morgan fingerprint density at radius 1 is 1.53 bits per heavy atom. The first-order valence-corrected chi connectivity index (χ1v) is 6.30. The summed E-state index contributed by atoms with van der Waals surface area (Å²) in [6.07, 6.45) is 0.956. The van der Waals surface area contributed by atoms with Crippen LogP contribution in [0.25, 0.3) is 0 Å².